The molecule has 0 saturated heterocycles. The van der Waals surface area contributed by atoms with E-state index < -0.39 is 11.5 Å². The Hall–Kier alpha value is -2.70. The third kappa shape index (κ3) is 3.93. The number of nitrogens with one attached hydrogen (secondary N) is 1. The van der Waals surface area contributed by atoms with E-state index in [0.29, 0.717) is 23.0 Å². The number of fused-ring (bicyclic) bond motifs is 2. The third-order valence-electron chi connectivity index (χ3n) is 5.77. The predicted molar refractivity (Wildman–Crippen MR) is 107 cm³/mol. The van der Waals surface area contributed by atoms with Crippen molar-refractivity contribution in [1.29, 1.82) is 0 Å². The maximum absolute atomic E-state index is 12.8. The summed E-state index contributed by atoms with van der Waals surface area (Å²) < 4.78 is 1.75. The van der Waals surface area contributed by atoms with Crippen LogP contribution in [0.5, 0.6) is 0 Å². The van der Waals surface area contributed by atoms with Gasteiger partial charge in [-0.25, -0.2) is 4.98 Å². The van der Waals surface area contributed by atoms with E-state index in [1.165, 1.54) is 0 Å². The summed E-state index contributed by atoms with van der Waals surface area (Å²) in [5.74, 6) is -0.624. The molecule has 0 fully saturated rings. The average Bonchev–Trinajstić information content (AvgIpc) is 2.86. The largest absolute Gasteiger partial charge is 0.481 e. The van der Waals surface area contributed by atoms with Gasteiger partial charge in [-0.1, -0.05) is 20.3 Å². The molecular weight excluding hydrogens is 358 g/mol. The van der Waals surface area contributed by atoms with Crippen molar-refractivity contribution in [3.8, 4) is 0 Å². The van der Waals surface area contributed by atoms with Crippen molar-refractivity contribution in [2.45, 2.75) is 65.0 Å². The van der Waals surface area contributed by atoms with E-state index in [4.69, 9.17) is 0 Å². The van der Waals surface area contributed by atoms with Crippen LogP contribution in [0.2, 0.25) is 0 Å². The monoisotopic (exact) mass is 385 g/mol. The molecule has 2 N–H and O–H groups in total. The molecule has 1 aromatic heterocycles. The molecule has 0 spiro atoms. The molecule has 7 heteroatoms. The Labute approximate surface area is 163 Å². The van der Waals surface area contributed by atoms with Gasteiger partial charge in [0.25, 0.3) is 11.5 Å². The van der Waals surface area contributed by atoms with Gasteiger partial charge in [0.2, 0.25) is 0 Å². The number of carbonyl (C=O) groups excluding carboxylic acids is 1. The van der Waals surface area contributed by atoms with E-state index in [1.54, 1.807) is 29.7 Å². The summed E-state index contributed by atoms with van der Waals surface area (Å²) in [6, 6.07) is 4.87. The van der Waals surface area contributed by atoms with Gasteiger partial charge < -0.3 is 10.4 Å². The van der Waals surface area contributed by atoms with Gasteiger partial charge in [0.1, 0.15) is 5.82 Å². The van der Waals surface area contributed by atoms with E-state index in [2.05, 4.69) is 10.3 Å². The number of rotatable bonds is 5. The number of nitrogens with zero attached hydrogens (tertiary/aromatic N) is 2. The van der Waals surface area contributed by atoms with Crippen LogP contribution in [0.3, 0.4) is 0 Å². The second-order valence-electron chi connectivity index (χ2n) is 8.12. The van der Waals surface area contributed by atoms with Crippen molar-refractivity contribution in [3.63, 3.8) is 0 Å². The average molecular weight is 385 g/mol. The zero-order valence-corrected chi connectivity index (χ0v) is 16.6. The van der Waals surface area contributed by atoms with Gasteiger partial charge in [0.05, 0.1) is 22.9 Å². The maximum atomic E-state index is 12.8. The highest BCUT2D eigenvalue weighted by Gasteiger charge is 2.33. The Morgan fingerprint density at radius 3 is 2.71 bits per heavy atom. The predicted octanol–water partition coefficient (Wildman–Crippen LogP) is 2.74. The molecule has 0 bridgehead atoms. The standard InChI is InChI=1S/C21H27N3O4/c1-13(2)21(3,12-18(25)26)23-19(27)14-8-9-15-16(11-14)22-17-7-5-4-6-10-24(17)20(15)28/h8-9,11,13H,4-7,10,12H2,1-3H3,(H,23,27)(H,25,26). The molecule has 0 radical (unpaired) electrons. The number of carboxylic acid groups (broad SMARTS) is 1. The molecule has 1 aliphatic rings. The van der Waals surface area contributed by atoms with Crippen molar-refractivity contribution < 1.29 is 14.7 Å². The number of hydrogen-bond acceptors (Lipinski definition) is 4. The number of aromatic nitrogens is 2. The van der Waals surface area contributed by atoms with Gasteiger partial charge in [-0.15, -0.1) is 0 Å². The van der Waals surface area contributed by atoms with Crippen molar-refractivity contribution in [2.24, 2.45) is 5.92 Å². The minimum absolute atomic E-state index is 0.0632. The number of carboxylic acids is 1. The van der Waals surface area contributed by atoms with E-state index >= 15 is 0 Å². The van der Waals surface area contributed by atoms with E-state index in [1.807, 2.05) is 13.8 Å². The first-order valence-corrected chi connectivity index (χ1v) is 9.79. The number of hydrogen-bond donors (Lipinski definition) is 2. The molecule has 28 heavy (non-hydrogen) atoms. The fourth-order valence-corrected chi connectivity index (χ4v) is 3.60. The second kappa shape index (κ2) is 7.73. The molecule has 1 aliphatic heterocycles. The number of benzene rings is 1. The van der Waals surface area contributed by atoms with Crippen LogP contribution in [-0.2, 0) is 17.8 Å². The quantitative estimate of drug-likeness (QED) is 0.824. The highest BCUT2D eigenvalue weighted by molar-refractivity contribution is 5.98. The fourth-order valence-electron chi connectivity index (χ4n) is 3.60. The lowest BCUT2D eigenvalue weighted by atomic mass is 9.85. The second-order valence-corrected chi connectivity index (χ2v) is 8.12. The van der Waals surface area contributed by atoms with E-state index in [9.17, 15) is 19.5 Å². The molecule has 2 heterocycles. The SMILES string of the molecule is CC(C)C(C)(CC(=O)O)NC(=O)c1ccc2c(=O)n3c(nc2c1)CCCCC3. The Morgan fingerprint density at radius 2 is 2.04 bits per heavy atom. The first-order valence-electron chi connectivity index (χ1n) is 9.79. The molecular formula is C21H27N3O4. The van der Waals surface area contributed by atoms with Crippen LogP contribution >= 0.6 is 0 Å². The topological polar surface area (TPSA) is 101 Å². The number of aryl methyl sites for hydroxylation is 1. The highest BCUT2D eigenvalue weighted by atomic mass is 16.4. The lowest BCUT2D eigenvalue weighted by Gasteiger charge is -2.33. The summed E-state index contributed by atoms with van der Waals surface area (Å²) in [6.45, 7) is 6.17. The molecule has 3 rings (SSSR count). The van der Waals surface area contributed by atoms with Crippen molar-refractivity contribution in [3.05, 3.63) is 39.9 Å². The summed E-state index contributed by atoms with van der Waals surface area (Å²) in [5, 5.41) is 12.6. The van der Waals surface area contributed by atoms with Crippen LogP contribution in [0.25, 0.3) is 10.9 Å². The minimum Gasteiger partial charge on any atom is -0.481 e. The molecule has 1 amide bonds. The minimum atomic E-state index is -0.965. The van der Waals surface area contributed by atoms with Gasteiger partial charge in [-0.2, -0.15) is 0 Å². The van der Waals surface area contributed by atoms with Gasteiger partial charge in [0.15, 0.2) is 0 Å². The van der Waals surface area contributed by atoms with Crippen LogP contribution in [0, 0.1) is 5.92 Å². The summed E-state index contributed by atoms with van der Waals surface area (Å²) in [6.07, 6.45) is 3.63. The molecule has 1 atom stereocenters. The summed E-state index contributed by atoms with van der Waals surface area (Å²) in [7, 11) is 0. The van der Waals surface area contributed by atoms with Crippen molar-refractivity contribution >= 4 is 22.8 Å². The van der Waals surface area contributed by atoms with Crippen LogP contribution in [0.1, 0.15) is 62.6 Å². The molecule has 1 aromatic carbocycles. The van der Waals surface area contributed by atoms with Gasteiger partial charge in [-0.05, 0) is 43.9 Å². The lowest BCUT2D eigenvalue weighted by Crippen LogP contribution is -2.51. The third-order valence-corrected chi connectivity index (χ3v) is 5.77. The van der Waals surface area contributed by atoms with Gasteiger partial charge in [0, 0.05) is 18.5 Å². The van der Waals surface area contributed by atoms with E-state index in [-0.39, 0.29) is 23.8 Å². The zero-order valence-electron chi connectivity index (χ0n) is 16.6. The summed E-state index contributed by atoms with van der Waals surface area (Å²) in [5.41, 5.74) is -0.0595. The van der Waals surface area contributed by atoms with Crippen LogP contribution in [0.15, 0.2) is 23.0 Å². The molecule has 0 aliphatic carbocycles. The highest BCUT2D eigenvalue weighted by Crippen LogP contribution is 2.22. The molecule has 0 saturated carbocycles. The van der Waals surface area contributed by atoms with E-state index in [0.717, 1.165) is 31.5 Å². The van der Waals surface area contributed by atoms with Crippen molar-refractivity contribution in [2.75, 3.05) is 0 Å². The van der Waals surface area contributed by atoms with Gasteiger partial charge in [-0.3, -0.25) is 19.0 Å². The normalized spacial score (nSPS) is 16.3. The Bertz CT molecular complexity index is 980. The molecule has 1 unspecified atom stereocenters. The Morgan fingerprint density at radius 1 is 1.29 bits per heavy atom. The molecule has 7 nitrogen and oxygen atoms in total. The lowest BCUT2D eigenvalue weighted by molar-refractivity contribution is -0.138. The summed E-state index contributed by atoms with van der Waals surface area (Å²) >= 11 is 0. The van der Waals surface area contributed by atoms with Crippen LogP contribution in [-0.4, -0.2) is 32.1 Å². The van der Waals surface area contributed by atoms with Gasteiger partial charge >= 0.3 is 5.97 Å². The van der Waals surface area contributed by atoms with Crippen molar-refractivity contribution in [1.82, 2.24) is 14.9 Å². The summed E-state index contributed by atoms with van der Waals surface area (Å²) in [4.78, 5) is 41.5. The Balaban J connectivity index is 1.96. The first-order chi connectivity index (χ1) is 13.2. The van der Waals surface area contributed by atoms with Crippen LogP contribution in [0.4, 0.5) is 0 Å². The smallest absolute Gasteiger partial charge is 0.305 e. The number of carbonyl (C=O) groups is 2. The molecule has 150 valence electrons. The van der Waals surface area contributed by atoms with Crippen LogP contribution < -0.4 is 10.9 Å². The Kier molecular flexibility index (Phi) is 5.54. The fraction of sp³-hybridized carbons (Fsp3) is 0.524. The molecule has 2 aromatic rings. The maximum Gasteiger partial charge on any atom is 0.305 e. The first kappa shape index (κ1) is 20.0. The number of aliphatic carboxylic acids is 1. The number of amides is 1. The zero-order chi connectivity index (χ0) is 20.5.